The fourth-order valence-electron chi connectivity index (χ4n) is 4.76. The molecule has 0 bridgehead atoms. The molecule has 2 aliphatic heterocycles. The minimum absolute atomic E-state index is 0.157. The number of anilines is 1. The first-order chi connectivity index (χ1) is 17.1. The van der Waals surface area contributed by atoms with E-state index in [0.717, 1.165) is 49.5 Å². The van der Waals surface area contributed by atoms with Gasteiger partial charge < -0.3 is 19.4 Å². The molecular weight excluding hydrogens is 494 g/mol. The average molecular weight is 536 g/mol. The Kier molecular flexibility index (Phi) is 7.53. The zero-order valence-electron chi connectivity index (χ0n) is 23.1. The van der Waals surface area contributed by atoms with E-state index in [9.17, 15) is 13.2 Å². The van der Waals surface area contributed by atoms with Gasteiger partial charge in [0.1, 0.15) is 11.4 Å². The van der Waals surface area contributed by atoms with Crippen LogP contribution in [-0.2, 0) is 31.6 Å². The number of fused-ring (bicyclic) bond motifs is 1. The fourth-order valence-corrected chi connectivity index (χ4v) is 6.22. The van der Waals surface area contributed by atoms with Crippen LogP contribution in [0.4, 0.5) is 10.5 Å². The van der Waals surface area contributed by atoms with Crippen molar-refractivity contribution in [2.75, 3.05) is 37.7 Å². The second kappa shape index (κ2) is 10.1. The number of carbonyl (C=O) groups excluding carboxylic acids is 1. The standard InChI is InChI=1S/C26H41N5O5S/c1-25(2,3)23-28-21-14-20(8-9-22(21)31(23)15-18-10-12-35-13-11-18)29(7)37(33,34)30-16-19(17-30)27-24(32)36-26(4,5)6/h8-9,14,18-19H,10-13,15-17H2,1-7H3,(H,27,32). The molecule has 2 saturated heterocycles. The number of imidazole rings is 1. The number of ether oxygens (including phenoxy) is 2. The summed E-state index contributed by atoms with van der Waals surface area (Å²) in [7, 11) is -2.21. The Morgan fingerprint density at radius 3 is 2.41 bits per heavy atom. The van der Waals surface area contributed by atoms with E-state index < -0.39 is 21.9 Å². The summed E-state index contributed by atoms with van der Waals surface area (Å²) in [5.74, 6) is 1.53. The largest absolute Gasteiger partial charge is 0.444 e. The van der Waals surface area contributed by atoms with Gasteiger partial charge in [-0.2, -0.15) is 12.7 Å². The van der Waals surface area contributed by atoms with E-state index in [-0.39, 0.29) is 24.5 Å². The highest BCUT2D eigenvalue weighted by Gasteiger charge is 2.40. The minimum Gasteiger partial charge on any atom is -0.444 e. The van der Waals surface area contributed by atoms with Crippen molar-refractivity contribution in [1.29, 1.82) is 0 Å². The predicted octanol–water partition coefficient (Wildman–Crippen LogP) is 3.65. The van der Waals surface area contributed by atoms with Gasteiger partial charge in [-0.05, 0) is 57.7 Å². The zero-order valence-corrected chi connectivity index (χ0v) is 23.9. The maximum atomic E-state index is 13.3. The van der Waals surface area contributed by atoms with Crippen LogP contribution in [0.1, 0.15) is 60.2 Å². The molecule has 1 amide bonds. The Balaban J connectivity index is 1.50. The van der Waals surface area contributed by atoms with Crippen molar-refractivity contribution < 1.29 is 22.7 Å². The zero-order chi connectivity index (χ0) is 27.2. The van der Waals surface area contributed by atoms with Crippen LogP contribution in [0.15, 0.2) is 18.2 Å². The summed E-state index contributed by atoms with van der Waals surface area (Å²) in [6.45, 7) is 14.7. The highest BCUT2D eigenvalue weighted by atomic mass is 32.2. The highest BCUT2D eigenvalue weighted by Crippen LogP contribution is 2.32. The SMILES string of the molecule is CN(c1ccc2c(c1)nc(C(C)(C)C)n2CC1CCOCC1)S(=O)(=O)N1CC(NC(=O)OC(C)(C)C)C1. The van der Waals surface area contributed by atoms with Gasteiger partial charge in [0.05, 0.1) is 22.8 Å². The van der Waals surface area contributed by atoms with Crippen molar-refractivity contribution in [2.24, 2.45) is 5.92 Å². The lowest BCUT2D eigenvalue weighted by atomic mass is 9.94. The smallest absolute Gasteiger partial charge is 0.407 e. The summed E-state index contributed by atoms with van der Waals surface area (Å²) in [5, 5.41) is 2.73. The molecule has 0 radical (unpaired) electrons. The molecule has 1 N–H and O–H groups in total. The number of carbonyl (C=O) groups is 1. The monoisotopic (exact) mass is 535 g/mol. The molecule has 206 valence electrons. The molecule has 0 unspecified atom stereocenters. The Bertz CT molecular complexity index is 1230. The molecule has 4 rings (SSSR count). The van der Waals surface area contributed by atoms with Gasteiger partial charge in [0.15, 0.2) is 0 Å². The third-order valence-electron chi connectivity index (χ3n) is 6.79. The van der Waals surface area contributed by atoms with Gasteiger partial charge in [0.2, 0.25) is 0 Å². The first-order valence-electron chi connectivity index (χ1n) is 13.0. The van der Waals surface area contributed by atoms with Crippen LogP contribution < -0.4 is 9.62 Å². The van der Waals surface area contributed by atoms with Crippen LogP contribution in [0.25, 0.3) is 11.0 Å². The van der Waals surface area contributed by atoms with E-state index in [1.807, 2.05) is 18.2 Å². The van der Waals surface area contributed by atoms with Crippen LogP contribution >= 0.6 is 0 Å². The van der Waals surface area contributed by atoms with E-state index in [4.69, 9.17) is 14.5 Å². The van der Waals surface area contributed by atoms with Gasteiger partial charge in [0.25, 0.3) is 0 Å². The van der Waals surface area contributed by atoms with Gasteiger partial charge in [-0.15, -0.1) is 0 Å². The second-order valence-corrected chi connectivity index (χ2v) is 14.1. The number of nitrogens with zero attached hydrogens (tertiary/aromatic N) is 4. The summed E-state index contributed by atoms with van der Waals surface area (Å²) in [6.07, 6.45) is 1.52. The Morgan fingerprint density at radius 2 is 1.81 bits per heavy atom. The van der Waals surface area contributed by atoms with E-state index in [2.05, 4.69) is 30.7 Å². The van der Waals surface area contributed by atoms with Crippen molar-refractivity contribution in [3.63, 3.8) is 0 Å². The lowest BCUT2D eigenvalue weighted by Crippen LogP contribution is -2.63. The second-order valence-electron chi connectivity index (χ2n) is 12.2. The van der Waals surface area contributed by atoms with Crippen molar-refractivity contribution >= 4 is 33.0 Å². The summed E-state index contributed by atoms with van der Waals surface area (Å²) < 4.78 is 42.3. The van der Waals surface area contributed by atoms with Crippen LogP contribution in [-0.4, -0.2) is 73.4 Å². The number of alkyl carbamates (subject to hydrolysis) is 1. The van der Waals surface area contributed by atoms with E-state index in [0.29, 0.717) is 11.6 Å². The molecule has 2 aliphatic rings. The third kappa shape index (κ3) is 6.21. The lowest BCUT2D eigenvalue weighted by molar-refractivity contribution is 0.0459. The Labute approximate surface area is 220 Å². The number of hydrogen-bond acceptors (Lipinski definition) is 6. The number of nitrogens with one attached hydrogen (secondary N) is 1. The molecule has 0 atom stereocenters. The molecule has 11 heteroatoms. The maximum absolute atomic E-state index is 13.3. The van der Waals surface area contributed by atoms with Crippen LogP contribution in [0.5, 0.6) is 0 Å². The first kappa shape index (κ1) is 27.7. The van der Waals surface area contributed by atoms with Crippen molar-refractivity contribution in [1.82, 2.24) is 19.2 Å². The molecule has 10 nitrogen and oxygen atoms in total. The van der Waals surface area contributed by atoms with E-state index in [1.165, 1.54) is 8.61 Å². The predicted molar refractivity (Wildman–Crippen MR) is 144 cm³/mol. The lowest BCUT2D eigenvalue weighted by Gasteiger charge is -2.40. The van der Waals surface area contributed by atoms with E-state index in [1.54, 1.807) is 27.8 Å². The van der Waals surface area contributed by atoms with Crippen LogP contribution in [0, 0.1) is 5.92 Å². The molecule has 0 aliphatic carbocycles. The summed E-state index contributed by atoms with van der Waals surface area (Å²) >= 11 is 0. The first-order valence-corrected chi connectivity index (χ1v) is 14.4. The summed E-state index contributed by atoms with van der Waals surface area (Å²) in [4.78, 5) is 17.0. The normalized spacial score (nSPS) is 18.6. The topological polar surface area (TPSA) is 106 Å². The Hall–Kier alpha value is -2.37. The number of aromatic nitrogens is 2. The van der Waals surface area contributed by atoms with Gasteiger partial charge >= 0.3 is 16.3 Å². The molecule has 37 heavy (non-hydrogen) atoms. The highest BCUT2D eigenvalue weighted by molar-refractivity contribution is 7.90. The molecular formula is C26H41N5O5S. The molecule has 3 heterocycles. The van der Waals surface area contributed by atoms with E-state index >= 15 is 0 Å². The summed E-state index contributed by atoms with van der Waals surface area (Å²) in [5.41, 5.74) is 1.58. The van der Waals surface area contributed by atoms with Crippen LogP contribution in [0.3, 0.4) is 0 Å². The third-order valence-corrected chi connectivity index (χ3v) is 8.64. The average Bonchev–Trinajstić information content (AvgIpc) is 3.13. The number of hydrogen-bond donors (Lipinski definition) is 1. The molecule has 1 aromatic carbocycles. The number of benzene rings is 1. The van der Waals surface area contributed by atoms with Gasteiger partial charge in [-0.3, -0.25) is 4.31 Å². The molecule has 0 saturated carbocycles. The summed E-state index contributed by atoms with van der Waals surface area (Å²) in [6, 6.07) is 5.38. The van der Waals surface area contributed by atoms with Gasteiger partial charge in [0, 0.05) is 45.3 Å². The van der Waals surface area contributed by atoms with Gasteiger partial charge in [-0.1, -0.05) is 20.8 Å². The minimum atomic E-state index is -3.76. The van der Waals surface area contributed by atoms with Crippen LogP contribution in [0.2, 0.25) is 0 Å². The van der Waals surface area contributed by atoms with Crippen molar-refractivity contribution in [3.05, 3.63) is 24.0 Å². The molecule has 2 fully saturated rings. The molecule has 0 spiro atoms. The molecule has 2 aromatic rings. The Morgan fingerprint density at radius 1 is 1.16 bits per heavy atom. The fraction of sp³-hybridized carbons (Fsp3) is 0.692. The number of rotatable bonds is 6. The quantitative estimate of drug-likeness (QED) is 0.605. The molecule has 1 aromatic heterocycles. The maximum Gasteiger partial charge on any atom is 0.407 e. The van der Waals surface area contributed by atoms with Crippen molar-refractivity contribution in [2.45, 2.75) is 78.0 Å². The van der Waals surface area contributed by atoms with Gasteiger partial charge in [-0.25, -0.2) is 9.78 Å². The van der Waals surface area contributed by atoms with Crippen molar-refractivity contribution in [3.8, 4) is 0 Å². The number of amides is 1.